The van der Waals surface area contributed by atoms with Gasteiger partial charge < -0.3 is 26.7 Å². The molecule has 0 radical (unpaired) electrons. The van der Waals surface area contributed by atoms with Crippen molar-refractivity contribution in [3.63, 3.8) is 0 Å². The van der Waals surface area contributed by atoms with Crippen molar-refractivity contribution in [3.05, 3.63) is 0 Å². The molecule has 6 nitrogen and oxygen atoms in total. The first kappa shape index (κ1) is 13.9. The van der Waals surface area contributed by atoms with Crippen LogP contribution in [0.4, 0.5) is 0 Å². The van der Waals surface area contributed by atoms with E-state index in [1.54, 1.807) is 0 Å². The van der Waals surface area contributed by atoms with Gasteiger partial charge in [-0.1, -0.05) is 0 Å². The Labute approximate surface area is 89.0 Å². The maximum atomic E-state index is 11.4. The normalized spacial score (nSPS) is 14.3. The minimum Gasteiger partial charge on any atom is -0.548 e. The summed E-state index contributed by atoms with van der Waals surface area (Å²) in [6.45, 7) is 2.21. The number of carboxylic acid groups (broad SMARTS) is 1. The number of aliphatic carboxylic acids is 1. The van der Waals surface area contributed by atoms with Crippen molar-refractivity contribution in [1.82, 2.24) is 5.32 Å². The first-order chi connectivity index (χ1) is 6.99. The van der Waals surface area contributed by atoms with Gasteiger partial charge in [-0.3, -0.25) is 4.79 Å². The summed E-state index contributed by atoms with van der Waals surface area (Å²) in [5.74, 6) is -1.62. The second-order valence-corrected chi connectivity index (χ2v) is 3.60. The quantitative estimate of drug-likeness (QED) is 0.380. The third-order valence-electron chi connectivity index (χ3n) is 2.14. The minimum atomic E-state index is -1.28. The number of hydrogen-bond acceptors (Lipinski definition) is 3. The molecule has 2 atom stereocenters. The number of amides is 1. The maximum Gasteiger partial charge on any atom is 0.278 e. The van der Waals surface area contributed by atoms with Crippen LogP contribution in [0.5, 0.6) is 0 Å². The van der Waals surface area contributed by atoms with Crippen LogP contribution in [0.2, 0.25) is 0 Å². The van der Waals surface area contributed by atoms with Crippen LogP contribution in [0.15, 0.2) is 0 Å². The van der Waals surface area contributed by atoms with Gasteiger partial charge >= 0.3 is 0 Å². The van der Waals surface area contributed by atoms with E-state index < -0.39 is 18.1 Å². The van der Waals surface area contributed by atoms with Crippen LogP contribution < -0.4 is 21.9 Å². The number of rotatable bonds is 7. The van der Waals surface area contributed by atoms with Crippen molar-refractivity contribution in [2.75, 3.05) is 6.54 Å². The number of nitrogens with one attached hydrogen (secondary N) is 1. The van der Waals surface area contributed by atoms with Gasteiger partial charge in [-0.2, -0.15) is 0 Å². The lowest BCUT2D eigenvalue weighted by Crippen LogP contribution is -2.68. The Morgan fingerprint density at radius 1 is 1.40 bits per heavy atom. The first-order valence-electron chi connectivity index (χ1n) is 5.12. The molecule has 0 bridgehead atoms. The topological polar surface area (TPSA) is 125 Å². The van der Waals surface area contributed by atoms with E-state index in [0.29, 0.717) is 6.42 Å². The van der Waals surface area contributed by atoms with Crippen molar-refractivity contribution in [2.45, 2.75) is 38.3 Å². The third kappa shape index (κ3) is 6.03. The predicted molar refractivity (Wildman–Crippen MR) is 50.9 cm³/mol. The number of unbranched alkanes of at least 4 members (excludes halogenated alkanes) is 1. The van der Waals surface area contributed by atoms with Crippen LogP contribution in [0, 0.1) is 0 Å². The Hall–Kier alpha value is -1.14. The van der Waals surface area contributed by atoms with Gasteiger partial charge in [0, 0.05) is 6.42 Å². The molecule has 0 spiro atoms. The molecule has 0 aromatic heterocycles. The third-order valence-corrected chi connectivity index (χ3v) is 2.14. The largest absolute Gasteiger partial charge is 0.548 e. The predicted octanol–water partition coefficient (Wildman–Crippen LogP) is -3.74. The molecule has 15 heavy (non-hydrogen) atoms. The number of carboxylic acids is 1. The fourth-order valence-corrected chi connectivity index (χ4v) is 1.09. The van der Waals surface area contributed by atoms with E-state index in [1.807, 2.05) is 0 Å². The molecule has 88 valence electrons. The van der Waals surface area contributed by atoms with Crippen molar-refractivity contribution in [3.8, 4) is 0 Å². The van der Waals surface area contributed by atoms with Crippen LogP contribution in [0.3, 0.4) is 0 Å². The van der Waals surface area contributed by atoms with Gasteiger partial charge in [-0.05, 0) is 19.8 Å². The fraction of sp³-hybridized carbons (Fsp3) is 0.778. The second kappa shape index (κ2) is 7.19. The molecule has 0 heterocycles. The molecular formula is C9H20N3O3+. The van der Waals surface area contributed by atoms with Crippen LogP contribution in [0.25, 0.3) is 0 Å². The van der Waals surface area contributed by atoms with Gasteiger partial charge in [-0.15, -0.1) is 0 Å². The monoisotopic (exact) mass is 218 g/mol. The van der Waals surface area contributed by atoms with Crippen LogP contribution in [-0.2, 0) is 9.59 Å². The summed E-state index contributed by atoms with van der Waals surface area (Å²) < 4.78 is 0. The number of carbonyl (C=O) groups is 2. The highest BCUT2D eigenvalue weighted by atomic mass is 16.4. The highest BCUT2D eigenvalue weighted by Gasteiger charge is 2.18. The van der Waals surface area contributed by atoms with Crippen molar-refractivity contribution in [1.29, 1.82) is 0 Å². The maximum absolute atomic E-state index is 11.4. The smallest absolute Gasteiger partial charge is 0.278 e. The SMILES string of the molecule is C[C@H](NC(=O)[C@@H]([NH3+])CCCC[NH3+])C(=O)[O-]. The van der Waals surface area contributed by atoms with Gasteiger partial charge in [0.1, 0.15) is 0 Å². The average molecular weight is 218 g/mol. The summed E-state index contributed by atoms with van der Waals surface area (Å²) >= 11 is 0. The van der Waals surface area contributed by atoms with Crippen molar-refractivity contribution < 1.29 is 26.2 Å². The minimum absolute atomic E-state index is 0.337. The van der Waals surface area contributed by atoms with Crippen LogP contribution in [-0.4, -0.2) is 30.5 Å². The zero-order chi connectivity index (χ0) is 11.8. The molecule has 6 heteroatoms. The average Bonchev–Trinajstić information content (AvgIpc) is 2.17. The molecule has 0 rings (SSSR count). The summed E-state index contributed by atoms with van der Waals surface area (Å²) in [6.07, 6.45) is 2.49. The Morgan fingerprint density at radius 2 is 2.00 bits per heavy atom. The highest BCUT2D eigenvalue weighted by Crippen LogP contribution is 1.96. The van der Waals surface area contributed by atoms with Crippen LogP contribution in [0.1, 0.15) is 26.2 Å². The molecular weight excluding hydrogens is 198 g/mol. The van der Waals surface area contributed by atoms with Gasteiger partial charge in [0.2, 0.25) is 0 Å². The molecule has 0 saturated heterocycles. The molecule has 0 aliphatic carbocycles. The molecule has 1 amide bonds. The van der Waals surface area contributed by atoms with E-state index in [2.05, 4.69) is 16.8 Å². The Morgan fingerprint density at radius 3 is 2.47 bits per heavy atom. The molecule has 0 aromatic carbocycles. The molecule has 0 fully saturated rings. The molecule has 0 saturated carbocycles. The van der Waals surface area contributed by atoms with Gasteiger partial charge in [-0.25, -0.2) is 0 Å². The van der Waals surface area contributed by atoms with E-state index in [0.717, 1.165) is 19.4 Å². The summed E-state index contributed by atoms with van der Waals surface area (Å²) in [5.41, 5.74) is 7.37. The highest BCUT2D eigenvalue weighted by molar-refractivity contribution is 5.84. The second-order valence-electron chi connectivity index (χ2n) is 3.60. The molecule has 0 aromatic rings. The molecule has 0 aliphatic heterocycles. The van der Waals surface area contributed by atoms with E-state index in [9.17, 15) is 14.7 Å². The lowest BCUT2D eigenvalue weighted by molar-refractivity contribution is -0.406. The van der Waals surface area contributed by atoms with Gasteiger partial charge in [0.25, 0.3) is 5.91 Å². The lowest BCUT2D eigenvalue weighted by Gasteiger charge is -2.16. The van der Waals surface area contributed by atoms with Crippen molar-refractivity contribution >= 4 is 11.9 Å². The van der Waals surface area contributed by atoms with E-state index >= 15 is 0 Å². The van der Waals surface area contributed by atoms with E-state index in [1.165, 1.54) is 6.92 Å². The standard InChI is InChI=1S/C9H19N3O3/c1-6(9(14)15)12-8(13)7(11)4-2-3-5-10/h6-7H,2-5,10-11H2,1H3,(H,12,13)(H,14,15)/p+1/t6-,7-/m0/s1. The Balaban J connectivity index is 3.83. The van der Waals surface area contributed by atoms with Crippen molar-refractivity contribution in [2.24, 2.45) is 0 Å². The fourth-order valence-electron chi connectivity index (χ4n) is 1.09. The summed E-state index contributed by atoms with van der Waals surface area (Å²) in [7, 11) is 0. The number of carbonyl (C=O) groups excluding carboxylic acids is 2. The zero-order valence-corrected chi connectivity index (χ0v) is 9.12. The lowest BCUT2D eigenvalue weighted by atomic mass is 10.1. The molecule has 0 unspecified atom stereocenters. The summed E-state index contributed by atoms with van der Waals surface area (Å²) in [6, 6.07) is -1.37. The van der Waals surface area contributed by atoms with E-state index in [-0.39, 0.29) is 5.91 Å². The first-order valence-corrected chi connectivity index (χ1v) is 5.12. The summed E-state index contributed by atoms with van der Waals surface area (Å²) in [4.78, 5) is 21.7. The Bertz CT molecular complexity index is 221. The van der Waals surface area contributed by atoms with Gasteiger partial charge in [0.15, 0.2) is 6.04 Å². The Kier molecular flexibility index (Phi) is 6.64. The molecule has 0 aliphatic rings. The zero-order valence-electron chi connectivity index (χ0n) is 9.12. The number of hydrogen-bond donors (Lipinski definition) is 3. The van der Waals surface area contributed by atoms with Crippen LogP contribution >= 0.6 is 0 Å². The molecule has 7 N–H and O–H groups in total. The van der Waals surface area contributed by atoms with E-state index in [4.69, 9.17) is 0 Å². The number of quaternary nitrogens is 2. The summed E-state index contributed by atoms with van der Waals surface area (Å²) in [5, 5.41) is 12.7. The van der Waals surface area contributed by atoms with Gasteiger partial charge in [0.05, 0.1) is 18.6 Å².